The van der Waals surface area contributed by atoms with Gasteiger partial charge in [0.1, 0.15) is 0 Å². The summed E-state index contributed by atoms with van der Waals surface area (Å²) >= 11 is 1.70. The summed E-state index contributed by atoms with van der Waals surface area (Å²) in [4.78, 5) is 5.70. The minimum Gasteiger partial charge on any atom is -0.365 e. The zero-order valence-electron chi connectivity index (χ0n) is 9.16. The SMILES string of the molecule is CNc1nc(C)c(-c2cccc(C)c2)s1. The first-order valence-electron chi connectivity index (χ1n) is 4.93. The van der Waals surface area contributed by atoms with Crippen LogP contribution in [-0.2, 0) is 0 Å². The van der Waals surface area contributed by atoms with Crippen LogP contribution in [0.1, 0.15) is 11.3 Å². The van der Waals surface area contributed by atoms with Crippen LogP contribution in [0.2, 0.25) is 0 Å². The number of anilines is 1. The number of aryl methyl sites for hydroxylation is 2. The van der Waals surface area contributed by atoms with Crippen molar-refractivity contribution in [1.29, 1.82) is 0 Å². The highest BCUT2D eigenvalue weighted by Crippen LogP contribution is 2.32. The van der Waals surface area contributed by atoms with Gasteiger partial charge in [-0.25, -0.2) is 4.98 Å². The molecule has 78 valence electrons. The van der Waals surface area contributed by atoms with Crippen LogP contribution in [-0.4, -0.2) is 12.0 Å². The third-order valence-corrected chi connectivity index (χ3v) is 3.51. The molecule has 0 spiro atoms. The van der Waals surface area contributed by atoms with Crippen molar-refractivity contribution in [1.82, 2.24) is 4.98 Å². The zero-order valence-corrected chi connectivity index (χ0v) is 9.98. The number of thiazole rings is 1. The lowest BCUT2D eigenvalue weighted by molar-refractivity contribution is 1.25. The highest BCUT2D eigenvalue weighted by molar-refractivity contribution is 7.19. The number of aromatic nitrogens is 1. The van der Waals surface area contributed by atoms with E-state index in [-0.39, 0.29) is 0 Å². The molecule has 0 amide bonds. The van der Waals surface area contributed by atoms with Gasteiger partial charge in [-0.2, -0.15) is 0 Å². The molecule has 0 aliphatic heterocycles. The fourth-order valence-electron chi connectivity index (χ4n) is 1.56. The fraction of sp³-hybridized carbons (Fsp3) is 0.250. The average Bonchev–Trinajstić information content (AvgIpc) is 2.60. The molecule has 1 aromatic carbocycles. The lowest BCUT2D eigenvalue weighted by Gasteiger charge is -1.99. The molecule has 0 bridgehead atoms. The first-order chi connectivity index (χ1) is 7.20. The summed E-state index contributed by atoms with van der Waals surface area (Å²) < 4.78 is 0. The van der Waals surface area contributed by atoms with Gasteiger partial charge in [-0.15, -0.1) is 0 Å². The average molecular weight is 218 g/mol. The van der Waals surface area contributed by atoms with Crippen LogP contribution >= 0.6 is 11.3 Å². The van der Waals surface area contributed by atoms with Gasteiger partial charge in [0.25, 0.3) is 0 Å². The number of benzene rings is 1. The molecule has 0 saturated carbocycles. The molecular weight excluding hydrogens is 204 g/mol. The highest BCUT2D eigenvalue weighted by Gasteiger charge is 2.08. The molecule has 0 saturated heterocycles. The largest absolute Gasteiger partial charge is 0.365 e. The van der Waals surface area contributed by atoms with E-state index in [2.05, 4.69) is 48.4 Å². The van der Waals surface area contributed by atoms with Crippen LogP contribution in [0.4, 0.5) is 5.13 Å². The molecule has 0 aliphatic rings. The summed E-state index contributed by atoms with van der Waals surface area (Å²) in [5.41, 5.74) is 3.63. The van der Waals surface area contributed by atoms with E-state index in [4.69, 9.17) is 0 Å². The van der Waals surface area contributed by atoms with Crippen molar-refractivity contribution in [2.75, 3.05) is 12.4 Å². The molecule has 0 unspecified atom stereocenters. The van der Waals surface area contributed by atoms with Gasteiger partial charge >= 0.3 is 0 Å². The highest BCUT2D eigenvalue weighted by atomic mass is 32.1. The Bertz CT molecular complexity index is 474. The Morgan fingerprint density at radius 2 is 2.07 bits per heavy atom. The molecular formula is C12H14N2S. The number of hydrogen-bond donors (Lipinski definition) is 1. The second-order valence-corrected chi connectivity index (χ2v) is 4.55. The third-order valence-electron chi connectivity index (χ3n) is 2.29. The van der Waals surface area contributed by atoms with Crippen molar-refractivity contribution in [2.45, 2.75) is 13.8 Å². The fourth-order valence-corrected chi connectivity index (χ4v) is 2.47. The predicted molar refractivity (Wildman–Crippen MR) is 66.6 cm³/mol. The topological polar surface area (TPSA) is 24.9 Å². The van der Waals surface area contributed by atoms with Gasteiger partial charge in [-0.05, 0) is 19.4 Å². The van der Waals surface area contributed by atoms with Gasteiger partial charge in [0.05, 0.1) is 10.6 Å². The van der Waals surface area contributed by atoms with Gasteiger partial charge in [0, 0.05) is 7.05 Å². The van der Waals surface area contributed by atoms with Crippen LogP contribution in [0.5, 0.6) is 0 Å². The van der Waals surface area contributed by atoms with Crippen LogP contribution in [0, 0.1) is 13.8 Å². The second kappa shape index (κ2) is 4.03. The van der Waals surface area contributed by atoms with Crippen molar-refractivity contribution in [3.63, 3.8) is 0 Å². The van der Waals surface area contributed by atoms with E-state index in [0.29, 0.717) is 0 Å². The summed E-state index contributed by atoms with van der Waals surface area (Å²) in [5.74, 6) is 0. The summed E-state index contributed by atoms with van der Waals surface area (Å²) in [6.45, 7) is 4.16. The van der Waals surface area contributed by atoms with E-state index in [9.17, 15) is 0 Å². The lowest BCUT2D eigenvalue weighted by atomic mass is 10.1. The van der Waals surface area contributed by atoms with E-state index < -0.39 is 0 Å². The Labute approximate surface area is 94.0 Å². The van der Waals surface area contributed by atoms with Crippen LogP contribution in [0.25, 0.3) is 10.4 Å². The van der Waals surface area contributed by atoms with Crippen molar-refractivity contribution in [3.8, 4) is 10.4 Å². The number of hydrogen-bond acceptors (Lipinski definition) is 3. The van der Waals surface area contributed by atoms with Crippen molar-refractivity contribution >= 4 is 16.5 Å². The van der Waals surface area contributed by atoms with E-state index in [0.717, 1.165) is 10.8 Å². The quantitative estimate of drug-likeness (QED) is 0.835. The van der Waals surface area contributed by atoms with Crippen LogP contribution < -0.4 is 5.32 Å². The molecule has 2 nitrogen and oxygen atoms in total. The van der Waals surface area contributed by atoms with Crippen molar-refractivity contribution in [3.05, 3.63) is 35.5 Å². The van der Waals surface area contributed by atoms with Crippen LogP contribution in [0.3, 0.4) is 0 Å². The minimum atomic E-state index is 0.976. The van der Waals surface area contributed by atoms with E-state index in [1.54, 1.807) is 11.3 Å². The minimum absolute atomic E-state index is 0.976. The maximum Gasteiger partial charge on any atom is 0.183 e. The Morgan fingerprint density at radius 1 is 1.27 bits per heavy atom. The van der Waals surface area contributed by atoms with Gasteiger partial charge in [-0.3, -0.25) is 0 Å². The van der Waals surface area contributed by atoms with E-state index in [1.807, 2.05) is 7.05 Å². The summed E-state index contributed by atoms with van der Waals surface area (Å²) in [5, 5.41) is 4.06. The Kier molecular flexibility index (Phi) is 2.73. The molecule has 0 radical (unpaired) electrons. The Morgan fingerprint density at radius 3 is 2.67 bits per heavy atom. The molecule has 1 aromatic heterocycles. The first kappa shape index (κ1) is 10.2. The molecule has 1 heterocycles. The van der Waals surface area contributed by atoms with Crippen LogP contribution in [0.15, 0.2) is 24.3 Å². The number of rotatable bonds is 2. The second-order valence-electron chi connectivity index (χ2n) is 3.55. The van der Waals surface area contributed by atoms with Gasteiger partial charge in [0.2, 0.25) is 0 Å². The summed E-state index contributed by atoms with van der Waals surface area (Å²) in [7, 11) is 1.90. The standard InChI is InChI=1S/C12H14N2S/c1-8-5-4-6-10(7-8)11-9(2)14-12(13-3)15-11/h4-7H,1-3H3,(H,13,14). The van der Waals surface area contributed by atoms with E-state index in [1.165, 1.54) is 16.0 Å². The Balaban J connectivity index is 2.48. The maximum absolute atomic E-state index is 4.44. The summed E-state index contributed by atoms with van der Waals surface area (Å²) in [6.07, 6.45) is 0. The zero-order chi connectivity index (χ0) is 10.8. The van der Waals surface area contributed by atoms with Gasteiger partial charge < -0.3 is 5.32 Å². The lowest BCUT2D eigenvalue weighted by Crippen LogP contribution is -1.84. The molecule has 15 heavy (non-hydrogen) atoms. The molecule has 0 fully saturated rings. The molecule has 0 atom stereocenters. The molecule has 2 aromatic rings. The van der Waals surface area contributed by atoms with Crippen molar-refractivity contribution in [2.24, 2.45) is 0 Å². The van der Waals surface area contributed by atoms with Gasteiger partial charge in [-0.1, -0.05) is 41.2 Å². The Hall–Kier alpha value is -1.35. The number of nitrogens with one attached hydrogen (secondary N) is 1. The maximum atomic E-state index is 4.44. The molecule has 1 N–H and O–H groups in total. The predicted octanol–water partition coefficient (Wildman–Crippen LogP) is 3.47. The molecule has 2 rings (SSSR count). The van der Waals surface area contributed by atoms with E-state index >= 15 is 0 Å². The third kappa shape index (κ3) is 2.02. The number of nitrogens with zero attached hydrogens (tertiary/aromatic N) is 1. The normalized spacial score (nSPS) is 10.3. The van der Waals surface area contributed by atoms with Gasteiger partial charge in [0.15, 0.2) is 5.13 Å². The van der Waals surface area contributed by atoms with Crippen molar-refractivity contribution < 1.29 is 0 Å². The smallest absolute Gasteiger partial charge is 0.183 e. The molecule has 0 aliphatic carbocycles. The first-order valence-corrected chi connectivity index (χ1v) is 5.74. The summed E-state index contributed by atoms with van der Waals surface area (Å²) in [6, 6.07) is 8.52. The monoisotopic (exact) mass is 218 g/mol. The molecule has 3 heteroatoms.